The third kappa shape index (κ3) is 5.48. The van der Waals surface area contributed by atoms with Crippen molar-refractivity contribution in [2.45, 2.75) is 58.9 Å². The summed E-state index contributed by atoms with van der Waals surface area (Å²) in [5.74, 6) is 1.05. The van der Waals surface area contributed by atoms with Gasteiger partial charge in [0.1, 0.15) is 5.75 Å². The molecule has 0 saturated heterocycles. The van der Waals surface area contributed by atoms with Crippen LogP contribution in [0.15, 0.2) is 24.3 Å². The Hall–Kier alpha value is -2.04. The molecule has 1 aliphatic carbocycles. The van der Waals surface area contributed by atoms with Gasteiger partial charge in [0.15, 0.2) is 0 Å². The molecule has 0 spiro atoms. The van der Waals surface area contributed by atoms with Crippen molar-refractivity contribution in [1.29, 1.82) is 0 Å². The summed E-state index contributed by atoms with van der Waals surface area (Å²) in [4.78, 5) is 24.2. The number of methoxy groups -OCH3 is 1. The van der Waals surface area contributed by atoms with Gasteiger partial charge in [-0.3, -0.25) is 9.59 Å². The zero-order chi connectivity index (χ0) is 19.2. The van der Waals surface area contributed by atoms with E-state index in [9.17, 15) is 9.59 Å². The van der Waals surface area contributed by atoms with E-state index in [1.54, 1.807) is 31.4 Å². The van der Waals surface area contributed by atoms with E-state index in [-0.39, 0.29) is 24.4 Å². The van der Waals surface area contributed by atoms with Crippen LogP contribution in [0.1, 0.15) is 63.2 Å². The van der Waals surface area contributed by atoms with Gasteiger partial charge in [-0.05, 0) is 61.3 Å². The molecule has 0 radical (unpaired) electrons. The molecule has 0 aliphatic heterocycles. The zero-order valence-corrected chi connectivity index (χ0v) is 16.4. The minimum Gasteiger partial charge on any atom is -0.497 e. The van der Waals surface area contributed by atoms with E-state index >= 15 is 0 Å². The summed E-state index contributed by atoms with van der Waals surface area (Å²) < 4.78 is 5.07. The van der Waals surface area contributed by atoms with Crippen molar-refractivity contribution >= 4 is 11.8 Å². The Bertz CT molecular complexity index is 602. The van der Waals surface area contributed by atoms with Crippen molar-refractivity contribution in [2.24, 2.45) is 11.3 Å². The minimum atomic E-state index is -0.254. The van der Waals surface area contributed by atoms with Crippen LogP contribution in [0.3, 0.4) is 0 Å². The molecular weight excluding hydrogens is 328 g/mol. The standard InChI is InChI=1S/C21H32N2O3/c1-5-21(2,3)16-8-10-17(11-9-16)23-19(24)14-22-20(25)15-6-12-18(26-4)13-7-15/h6-7,12-13,16-17H,5,8-11,14H2,1-4H3,(H,22,25)(H,23,24). The molecule has 1 aliphatic rings. The number of benzene rings is 1. The Morgan fingerprint density at radius 1 is 1.12 bits per heavy atom. The largest absolute Gasteiger partial charge is 0.497 e. The van der Waals surface area contributed by atoms with Gasteiger partial charge in [0.25, 0.3) is 5.91 Å². The highest BCUT2D eigenvalue weighted by Gasteiger charge is 2.32. The number of rotatable bonds is 7. The highest BCUT2D eigenvalue weighted by Crippen LogP contribution is 2.40. The lowest BCUT2D eigenvalue weighted by Crippen LogP contribution is -2.44. The molecule has 0 bridgehead atoms. The Morgan fingerprint density at radius 2 is 1.73 bits per heavy atom. The van der Waals surface area contributed by atoms with Gasteiger partial charge in [-0.1, -0.05) is 27.2 Å². The predicted octanol–water partition coefficient (Wildman–Crippen LogP) is 3.54. The molecule has 1 saturated carbocycles. The summed E-state index contributed by atoms with van der Waals surface area (Å²) in [5.41, 5.74) is 0.891. The quantitative estimate of drug-likeness (QED) is 0.781. The molecule has 144 valence electrons. The van der Waals surface area contributed by atoms with Crippen LogP contribution in [0.2, 0.25) is 0 Å². The van der Waals surface area contributed by atoms with Gasteiger partial charge >= 0.3 is 0 Å². The van der Waals surface area contributed by atoms with Crippen LogP contribution in [-0.4, -0.2) is 31.5 Å². The van der Waals surface area contributed by atoms with Gasteiger partial charge in [-0.25, -0.2) is 0 Å². The topological polar surface area (TPSA) is 67.4 Å². The van der Waals surface area contributed by atoms with E-state index < -0.39 is 0 Å². The van der Waals surface area contributed by atoms with E-state index in [1.807, 2.05) is 0 Å². The number of carbonyl (C=O) groups is 2. The zero-order valence-electron chi connectivity index (χ0n) is 16.4. The maximum Gasteiger partial charge on any atom is 0.251 e. The summed E-state index contributed by atoms with van der Waals surface area (Å²) in [7, 11) is 1.58. The van der Waals surface area contributed by atoms with Crippen LogP contribution in [-0.2, 0) is 4.79 Å². The van der Waals surface area contributed by atoms with Crippen molar-refractivity contribution in [3.05, 3.63) is 29.8 Å². The number of ether oxygens (including phenoxy) is 1. The third-order valence-electron chi connectivity index (χ3n) is 5.87. The SMILES string of the molecule is CCC(C)(C)C1CCC(NC(=O)CNC(=O)c2ccc(OC)cc2)CC1. The molecule has 1 fully saturated rings. The molecule has 26 heavy (non-hydrogen) atoms. The highest BCUT2D eigenvalue weighted by atomic mass is 16.5. The minimum absolute atomic E-state index is 0.00520. The first-order valence-corrected chi connectivity index (χ1v) is 9.57. The summed E-state index contributed by atoms with van der Waals surface area (Å²) in [5, 5.41) is 5.74. The van der Waals surface area contributed by atoms with E-state index in [1.165, 1.54) is 6.42 Å². The van der Waals surface area contributed by atoms with Gasteiger partial charge in [0.05, 0.1) is 13.7 Å². The van der Waals surface area contributed by atoms with Crippen molar-refractivity contribution < 1.29 is 14.3 Å². The molecule has 1 aromatic carbocycles. The van der Waals surface area contributed by atoms with Crippen LogP contribution >= 0.6 is 0 Å². The number of nitrogens with one attached hydrogen (secondary N) is 2. The second-order valence-electron chi connectivity index (χ2n) is 7.87. The summed E-state index contributed by atoms with van der Waals surface area (Å²) in [6.07, 6.45) is 5.54. The van der Waals surface area contributed by atoms with Crippen LogP contribution in [0, 0.1) is 11.3 Å². The molecule has 0 unspecified atom stereocenters. The molecule has 0 atom stereocenters. The second kappa shape index (κ2) is 9.06. The first-order chi connectivity index (χ1) is 12.4. The van der Waals surface area contributed by atoms with Crippen molar-refractivity contribution in [1.82, 2.24) is 10.6 Å². The average Bonchev–Trinajstić information content (AvgIpc) is 2.66. The lowest BCUT2D eigenvalue weighted by atomic mass is 9.69. The first kappa shape index (κ1) is 20.3. The van der Waals surface area contributed by atoms with Gasteiger partial charge in [0, 0.05) is 11.6 Å². The predicted molar refractivity (Wildman–Crippen MR) is 103 cm³/mol. The number of hydrogen-bond acceptors (Lipinski definition) is 3. The Balaban J connectivity index is 1.73. The molecule has 5 nitrogen and oxygen atoms in total. The van der Waals surface area contributed by atoms with Gasteiger partial charge < -0.3 is 15.4 Å². The summed E-state index contributed by atoms with van der Waals surface area (Å²) >= 11 is 0. The monoisotopic (exact) mass is 360 g/mol. The van der Waals surface area contributed by atoms with E-state index in [0.29, 0.717) is 16.7 Å². The van der Waals surface area contributed by atoms with Crippen molar-refractivity contribution in [3.8, 4) is 5.75 Å². The third-order valence-corrected chi connectivity index (χ3v) is 5.87. The average molecular weight is 360 g/mol. The maximum absolute atomic E-state index is 12.1. The van der Waals surface area contributed by atoms with Crippen molar-refractivity contribution in [3.63, 3.8) is 0 Å². The van der Waals surface area contributed by atoms with Crippen molar-refractivity contribution in [2.75, 3.05) is 13.7 Å². The fourth-order valence-corrected chi connectivity index (χ4v) is 3.59. The van der Waals surface area contributed by atoms with Gasteiger partial charge in [-0.15, -0.1) is 0 Å². The molecule has 0 aromatic heterocycles. The summed E-state index contributed by atoms with van der Waals surface area (Å²) in [6.45, 7) is 6.93. The van der Waals surface area contributed by atoms with E-state index in [0.717, 1.165) is 31.6 Å². The normalized spacial score (nSPS) is 20.3. The van der Waals surface area contributed by atoms with Crippen LogP contribution in [0.25, 0.3) is 0 Å². The molecule has 0 heterocycles. The van der Waals surface area contributed by atoms with E-state index in [2.05, 4.69) is 31.4 Å². The molecule has 2 N–H and O–H groups in total. The first-order valence-electron chi connectivity index (χ1n) is 9.57. The van der Waals surface area contributed by atoms with Crippen LogP contribution in [0.4, 0.5) is 0 Å². The Kier molecular flexibility index (Phi) is 7.06. The molecular formula is C21H32N2O3. The number of carbonyl (C=O) groups excluding carboxylic acids is 2. The highest BCUT2D eigenvalue weighted by molar-refractivity contribution is 5.96. The molecule has 2 amide bonds. The van der Waals surface area contributed by atoms with Gasteiger partial charge in [-0.2, -0.15) is 0 Å². The molecule has 2 rings (SSSR count). The maximum atomic E-state index is 12.1. The fraction of sp³-hybridized carbons (Fsp3) is 0.619. The van der Waals surface area contributed by atoms with E-state index in [4.69, 9.17) is 4.74 Å². The smallest absolute Gasteiger partial charge is 0.251 e. The Morgan fingerprint density at radius 3 is 2.27 bits per heavy atom. The van der Waals surface area contributed by atoms with Crippen LogP contribution in [0.5, 0.6) is 5.75 Å². The summed E-state index contributed by atoms with van der Waals surface area (Å²) in [6, 6.07) is 7.05. The second-order valence-corrected chi connectivity index (χ2v) is 7.87. The number of hydrogen-bond donors (Lipinski definition) is 2. The van der Waals surface area contributed by atoms with Crippen LogP contribution < -0.4 is 15.4 Å². The number of amides is 2. The Labute approximate surface area is 156 Å². The fourth-order valence-electron chi connectivity index (χ4n) is 3.59. The molecule has 5 heteroatoms. The lowest BCUT2D eigenvalue weighted by molar-refractivity contribution is -0.121. The molecule has 1 aromatic rings. The lowest BCUT2D eigenvalue weighted by Gasteiger charge is -2.39. The van der Waals surface area contributed by atoms with Gasteiger partial charge in [0.2, 0.25) is 5.91 Å².